The third kappa shape index (κ3) is 3.96. The van der Waals surface area contributed by atoms with Gasteiger partial charge in [0.25, 0.3) is 5.91 Å². The van der Waals surface area contributed by atoms with Crippen molar-refractivity contribution in [3.8, 4) is 17.4 Å². The number of aryl methyl sites for hydroxylation is 1. The van der Waals surface area contributed by atoms with Gasteiger partial charge in [-0.2, -0.15) is 9.67 Å². The number of ether oxygens (including phenoxy) is 1. The molecule has 0 radical (unpaired) electrons. The van der Waals surface area contributed by atoms with Gasteiger partial charge in [-0.25, -0.2) is 0 Å². The predicted octanol–water partition coefficient (Wildman–Crippen LogP) is 4.20. The van der Waals surface area contributed by atoms with Crippen LogP contribution in [0, 0.1) is 5.41 Å². The molecule has 0 bridgehead atoms. The minimum atomic E-state index is -0.741. The Morgan fingerprint density at radius 1 is 1.25 bits per heavy atom. The highest BCUT2D eigenvalue weighted by molar-refractivity contribution is 6.20. The molecule has 6 heteroatoms. The van der Waals surface area contributed by atoms with Gasteiger partial charge in [-0.3, -0.25) is 4.79 Å². The molecule has 0 aliphatic rings. The van der Waals surface area contributed by atoms with E-state index in [2.05, 4.69) is 17.0 Å². The molecule has 0 saturated heterocycles. The number of nitrogens with zero attached hydrogens (tertiary/aromatic N) is 3. The highest BCUT2D eigenvalue weighted by Crippen LogP contribution is 2.26. The van der Waals surface area contributed by atoms with Crippen molar-refractivity contribution in [2.24, 2.45) is 5.41 Å². The smallest absolute Gasteiger partial charge is 0.336 e. The monoisotopic (exact) mass is 349 g/mol. The summed E-state index contributed by atoms with van der Waals surface area (Å²) in [6.45, 7) is 8.19. The first kappa shape index (κ1) is 18.5. The molecular weight excluding hydrogens is 326 g/mol. The molecule has 0 fully saturated rings. The van der Waals surface area contributed by atoms with Crippen LogP contribution in [0.5, 0.6) is 6.01 Å². The maximum atomic E-state index is 12.8. The summed E-state index contributed by atoms with van der Waals surface area (Å²) < 4.78 is 6.82. The van der Waals surface area contributed by atoms with E-state index in [1.807, 2.05) is 31.2 Å². The van der Waals surface area contributed by atoms with Crippen molar-refractivity contribution in [1.82, 2.24) is 14.8 Å². The van der Waals surface area contributed by atoms with Crippen LogP contribution in [0.25, 0.3) is 11.4 Å². The summed E-state index contributed by atoms with van der Waals surface area (Å²) in [4.78, 5) is 17.2. The Hall–Kier alpha value is -1.88. The Morgan fingerprint density at radius 2 is 1.92 bits per heavy atom. The van der Waals surface area contributed by atoms with Crippen LogP contribution in [-0.4, -0.2) is 33.2 Å². The van der Waals surface area contributed by atoms with Gasteiger partial charge in [0.05, 0.1) is 12.0 Å². The molecule has 0 aliphatic carbocycles. The van der Waals surface area contributed by atoms with Crippen molar-refractivity contribution in [2.75, 3.05) is 12.5 Å². The molecule has 0 spiro atoms. The van der Waals surface area contributed by atoms with Gasteiger partial charge in [0.2, 0.25) is 0 Å². The number of aromatic nitrogens is 3. The van der Waals surface area contributed by atoms with Crippen molar-refractivity contribution in [2.45, 2.75) is 40.5 Å². The fourth-order valence-electron chi connectivity index (χ4n) is 2.11. The van der Waals surface area contributed by atoms with Crippen LogP contribution in [0.15, 0.2) is 24.3 Å². The molecule has 0 amide bonds. The summed E-state index contributed by atoms with van der Waals surface area (Å²) in [5.74, 6) is 0.475. The van der Waals surface area contributed by atoms with Crippen LogP contribution in [0.4, 0.5) is 0 Å². The van der Waals surface area contributed by atoms with E-state index in [1.54, 1.807) is 13.8 Å². The second kappa shape index (κ2) is 7.79. The Morgan fingerprint density at radius 3 is 2.46 bits per heavy atom. The lowest BCUT2D eigenvalue weighted by atomic mass is 9.95. The van der Waals surface area contributed by atoms with E-state index in [9.17, 15) is 4.79 Å². The summed E-state index contributed by atoms with van der Waals surface area (Å²) >= 11 is 5.95. The second-order valence-electron chi connectivity index (χ2n) is 6.35. The third-order valence-corrected chi connectivity index (χ3v) is 4.42. The highest BCUT2D eigenvalue weighted by atomic mass is 35.5. The maximum absolute atomic E-state index is 12.8. The maximum Gasteiger partial charge on any atom is 0.336 e. The Balaban J connectivity index is 2.47. The number of rotatable bonds is 7. The standard InChI is InChI=1S/C18H24ClN3O2/c1-5-11-24-17-20-15(14-9-7-13(6-2)8-10-14)22(21-17)16(23)18(3,4)12-19/h7-10H,5-6,11-12H2,1-4H3. The summed E-state index contributed by atoms with van der Waals surface area (Å²) in [7, 11) is 0. The first-order chi connectivity index (χ1) is 11.4. The van der Waals surface area contributed by atoms with Crippen molar-refractivity contribution in [1.29, 1.82) is 0 Å². The van der Waals surface area contributed by atoms with Crippen LogP contribution in [0.2, 0.25) is 0 Å². The summed E-state index contributed by atoms with van der Waals surface area (Å²) in [6.07, 6.45) is 1.80. The lowest BCUT2D eigenvalue weighted by Crippen LogP contribution is -2.32. The average molecular weight is 350 g/mol. The lowest BCUT2D eigenvalue weighted by Gasteiger charge is -2.19. The second-order valence-corrected chi connectivity index (χ2v) is 6.62. The summed E-state index contributed by atoms with van der Waals surface area (Å²) in [6, 6.07) is 8.16. The lowest BCUT2D eigenvalue weighted by molar-refractivity contribution is 0.0753. The van der Waals surface area contributed by atoms with Gasteiger partial charge >= 0.3 is 6.01 Å². The molecule has 2 rings (SSSR count). The average Bonchev–Trinajstić information content (AvgIpc) is 3.03. The first-order valence-corrected chi connectivity index (χ1v) is 8.76. The van der Waals surface area contributed by atoms with Crippen molar-refractivity contribution in [3.63, 3.8) is 0 Å². The molecule has 130 valence electrons. The van der Waals surface area contributed by atoms with Crippen LogP contribution >= 0.6 is 11.6 Å². The number of hydrogen-bond donors (Lipinski definition) is 0. The number of alkyl halides is 1. The topological polar surface area (TPSA) is 57.0 Å². The molecule has 5 nitrogen and oxygen atoms in total. The largest absolute Gasteiger partial charge is 0.462 e. The normalized spacial score (nSPS) is 11.5. The first-order valence-electron chi connectivity index (χ1n) is 8.22. The SMILES string of the molecule is CCCOc1nc(-c2ccc(CC)cc2)n(C(=O)C(C)(C)CCl)n1. The van der Waals surface area contributed by atoms with Crippen LogP contribution in [0.1, 0.15) is 44.5 Å². The number of carbonyl (C=O) groups is 1. The Labute approximate surface area is 148 Å². The molecule has 0 saturated carbocycles. The predicted molar refractivity (Wildman–Crippen MR) is 95.7 cm³/mol. The fraction of sp³-hybridized carbons (Fsp3) is 0.500. The van der Waals surface area contributed by atoms with E-state index in [0.29, 0.717) is 12.4 Å². The van der Waals surface area contributed by atoms with Crippen LogP contribution in [-0.2, 0) is 6.42 Å². The zero-order valence-corrected chi connectivity index (χ0v) is 15.4. The van der Waals surface area contributed by atoms with Gasteiger partial charge in [0.15, 0.2) is 5.82 Å². The molecule has 0 atom stereocenters. The minimum Gasteiger partial charge on any atom is -0.462 e. The van der Waals surface area contributed by atoms with E-state index >= 15 is 0 Å². The van der Waals surface area contributed by atoms with Crippen molar-refractivity contribution < 1.29 is 9.53 Å². The Bertz CT molecular complexity index is 693. The zero-order chi connectivity index (χ0) is 17.7. The van der Waals surface area contributed by atoms with Gasteiger partial charge in [0, 0.05) is 11.4 Å². The van der Waals surface area contributed by atoms with E-state index in [0.717, 1.165) is 18.4 Å². The molecule has 2 aromatic rings. The van der Waals surface area contributed by atoms with E-state index < -0.39 is 5.41 Å². The molecule has 1 heterocycles. The van der Waals surface area contributed by atoms with Gasteiger partial charge in [-0.1, -0.05) is 38.1 Å². The van der Waals surface area contributed by atoms with Gasteiger partial charge in [-0.15, -0.1) is 16.7 Å². The van der Waals surface area contributed by atoms with Crippen LogP contribution in [0.3, 0.4) is 0 Å². The van der Waals surface area contributed by atoms with E-state index in [4.69, 9.17) is 16.3 Å². The van der Waals surface area contributed by atoms with Gasteiger partial charge in [-0.05, 0) is 32.3 Å². The fourth-order valence-corrected chi connectivity index (χ4v) is 2.22. The molecule has 1 aromatic heterocycles. The Kier molecular flexibility index (Phi) is 5.99. The minimum absolute atomic E-state index is 0.199. The number of halogens is 1. The molecule has 0 unspecified atom stereocenters. The van der Waals surface area contributed by atoms with E-state index in [1.165, 1.54) is 10.2 Å². The van der Waals surface area contributed by atoms with Gasteiger partial charge < -0.3 is 4.74 Å². The number of benzene rings is 1. The van der Waals surface area contributed by atoms with E-state index in [-0.39, 0.29) is 17.8 Å². The van der Waals surface area contributed by atoms with Crippen LogP contribution < -0.4 is 4.74 Å². The molecule has 0 N–H and O–H groups in total. The quantitative estimate of drug-likeness (QED) is 0.703. The zero-order valence-electron chi connectivity index (χ0n) is 14.7. The third-order valence-electron chi connectivity index (χ3n) is 3.75. The summed E-state index contributed by atoms with van der Waals surface area (Å²) in [5.41, 5.74) is 1.31. The van der Waals surface area contributed by atoms with Crippen molar-refractivity contribution in [3.05, 3.63) is 29.8 Å². The number of hydrogen-bond acceptors (Lipinski definition) is 4. The highest BCUT2D eigenvalue weighted by Gasteiger charge is 2.32. The molecule has 0 aliphatic heterocycles. The molecule has 24 heavy (non-hydrogen) atoms. The summed E-state index contributed by atoms with van der Waals surface area (Å²) in [5, 5.41) is 4.26. The van der Waals surface area contributed by atoms with Crippen molar-refractivity contribution >= 4 is 17.5 Å². The van der Waals surface area contributed by atoms with Gasteiger partial charge in [0.1, 0.15) is 0 Å². The number of carbonyl (C=O) groups excluding carboxylic acids is 1. The molecular formula is C18H24ClN3O2. The molecule has 1 aromatic carbocycles.